The lowest BCUT2D eigenvalue weighted by atomic mass is 9.94. The van der Waals surface area contributed by atoms with Gasteiger partial charge in [0.25, 0.3) is 5.91 Å². The van der Waals surface area contributed by atoms with Gasteiger partial charge in [0, 0.05) is 24.2 Å². The fraction of sp³-hybridized carbons (Fsp3) is 0.500. The van der Waals surface area contributed by atoms with Crippen LogP contribution >= 0.6 is 11.6 Å². The van der Waals surface area contributed by atoms with E-state index in [1.807, 2.05) is 4.90 Å². The predicted octanol–water partition coefficient (Wildman–Crippen LogP) is 1.87. The smallest absolute Gasteiger partial charge is 0.257 e. The molecule has 2 aliphatic heterocycles. The summed E-state index contributed by atoms with van der Waals surface area (Å²) in [6.45, 7) is 2.54. The Morgan fingerprint density at radius 2 is 2.26 bits per heavy atom. The molecule has 0 aromatic heterocycles. The summed E-state index contributed by atoms with van der Waals surface area (Å²) in [5.41, 5.74) is 0.336. The molecule has 0 bridgehead atoms. The third-order valence-electron chi connectivity index (χ3n) is 4.08. The van der Waals surface area contributed by atoms with Crippen LogP contribution in [0.3, 0.4) is 0 Å². The van der Waals surface area contributed by atoms with E-state index in [-0.39, 0.29) is 11.7 Å². The Kier molecular flexibility index (Phi) is 3.37. The molecule has 19 heavy (non-hydrogen) atoms. The summed E-state index contributed by atoms with van der Waals surface area (Å²) in [5, 5.41) is 13.7. The number of amides is 1. The van der Waals surface area contributed by atoms with E-state index in [1.165, 1.54) is 18.9 Å². The van der Waals surface area contributed by atoms with Crippen LogP contribution in [0.1, 0.15) is 23.2 Å². The van der Waals surface area contributed by atoms with Crippen molar-refractivity contribution in [3.63, 3.8) is 0 Å². The van der Waals surface area contributed by atoms with E-state index >= 15 is 0 Å². The van der Waals surface area contributed by atoms with Crippen LogP contribution in [-0.4, -0.2) is 41.6 Å². The molecule has 0 aliphatic carbocycles. The summed E-state index contributed by atoms with van der Waals surface area (Å²) in [6.07, 6.45) is 2.35. The maximum atomic E-state index is 12.4. The van der Waals surface area contributed by atoms with Gasteiger partial charge in [0.15, 0.2) is 0 Å². The molecule has 0 saturated carbocycles. The summed E-state index contributed by atoms with van der Waals surface area (Å²) in [5.74, 6) is 0.401. The van der Waals surface area contributed by atoms with Gasteiger partial charge in [-0.3, -0.25) is 4.79 Å². The van der Waals surface area contributed by atoms with Crippen molar-refractivity contribution < 1.29 is 9.90 Å². The Bertz CT molecular complexity index is 492. The number of rotatable bonds is 1. The maximum Gasteiger partial charge on any atom is 0.257 e. The standard InChI is InChI=1S/C14H17ClN2O2/c15-10-3-4-11(13(18)6-10)14(19)17-7-9-2-1-5-16-12(9)8-17/h3-4,6,9,12,16,18H,1-2,5,7-8H2/t9-,12+/m0/s1. The zero-order chi connectivity index (χ0) is 13.4. The number of carbonyl (C=O) groups excluding carboxylic acids is 1. The number of benzene rings is 1. The molecule has 2 aliphatic rings. The number of phenols is 1. The molecule has 0 radical (unpaired) electrons. The van der Waals surface area contributed by atoms with Gasteiger partial charge < -0.3 is 15.3 Å². The van der Waals surface area contributed by atoms with Crippen molar-refractivity contribution in [1.82, 2.24) is 10.2 Å². The van der Waals surface area contributed by atoms with Crippen molar-refractivity contribution in [2.24, 2.45) is 5.92 Å². The average molecular weight is 281 g/mol. The summed E-state index contributed by atoms with van der Waals surface area (Å²) >= 11 is 5.79. The molecule has 2 N–H and O–H groups in total. The zero-order valence-corrected chi connectivity index (χ0v) is 11.4. The zero-order valence-electron chi connectivity index (χ0n) is 10.6. The molecule has 0 unspecified atom stereocenters. The molecular weight excluding hydrogens is 264 g/mol. The van der Waals surface area contributed by atoms with Gasteiger partial charge in [0.1, 0.15) is 5.75 Å². The minimum absolute atomic E-state index is 0.0414. The normalized spacial score (nSPS) is 26.3. The highest BCUT2D eigenvalue weighted by molar-refractivity contribution is 6.30. The van der Waals surface area contributed by atoms with Crippen LogP contribution in [0.4, 0.5) is 0 Å². The van der Waals surface area contributed by atoms with Gasteiger partial charge >= 0.3 is 0 Å². The first-order chi connectivity index (χ1) is 9.15. The highest BCUT2D eigenvalue weighted by Gasteiger charge is 2.37. The number of nitrogens with zero attached hydrogens (tertiary/aromatic N) is 1. The third kappa shape index (κ3) is 2.42. The lowest BCUT2D eigenvalue weighted by Crippen LogP contribution is -2.41. The predicted molar refractivity (Wildman–Crippen MR) is 73.5 cm³/mol. The molecule has 0 spiro atoms. The molecule has 5 heteroatoms. The molecule has 2 heterocycles. The number of fused-ring (bicyclic) bond motifs is 1. The number of piperidine rings is 1. The fourth-order valence-corrected chi connectivity index (χ4v) is 3.23. The van der Waals surface area contributed by atoms with Crippen LogP contribution in [0.2, 0.25) is 5.02 Å². The van der Waals surface area contributed by atoms with E-state index in [1.54, 1.807) is 12.1 Å². The van der Waals surface area contributed by atoms with Crippen LogP contribution in [0.5, 0.6) is 5.75 Å². The number of likely N-dealkylation sites (tertiary alicyclic amines) is 1. The molecule has 1 aromatic rings. The molecule has 3 rings (SSSR count). The molecule has 1 aromatic carbocycles. The summed E-state index contributed by atoms with van der Waals surface area (Å²) in [4.78, 5) is 14.2. The Labute approximate surface area is 117 Å². The van der Waals surface area contributed by atoms with Gasteiger partial charge in [-0.1, -0.05) is 11.6 Å². The Balaban J connectivity index is 1.77. The maximum absolute atomic E-state index is 12.4. The van der Waals surface area contributed by atoms with Gasteiger partial charge in [-0.25, -0.2) is 0 Å². The number of hydrogen-bond acceptors (Lipinski definition) is 3. The summed E-state index contributed by atoms with van der Waals surface area (Å²) < 4.78 is 0. The quantitative estimate of drug-likeness (QED) is 0.826. The highest BCUT2D eigenvalue weighted by Crippen LogP contribution is 2.29. The topological polar surface area (TPSA) is 52.6 Å². The minimum Gasteiger partial charge on any atom is -0.507 e. The van der Waals surface area contributed by atoms with E-state index in [4.69, 9.17) is 11.6 Å². The van der Waals surface area contributed by atoms with Crippen LogP contribution in [-0.2, 0) is 0 Å². The summed E-state index contributed by atoms with van der Waals surface area (Å²) in [7, 11) is 0. The van der Waals surface area contributed by atoms with Gasteiger partial charge in [0.05, 0.1) is 5.56 Å². The molecule has 2 saturated heterocycles. The van der Waals surface area contributed by atoms with E-state index in [0.29, 0.717) is 22.5 Å². The van der Waals surface area contributed by atoms with Crippen molar-refractivity contribution >= 4 is 17.5 Å². The third-order valence-corrected chi connectivity index (χ3v) is 4.31. The molecule has 1 amide bonds. The minimum atomic E-state index is -0.106. The molecular formula is C14H17ClN2O2. The van der Waals surface area contributed by atoms with Crippen molar-refractivity contribution in [2.75, 3.05) is 19.6 Å². The molecule has 4 nitrogen and oxygen atoms in total. The first-order valence-corrected chi connectivity index (χ1v) is 7.04. The lowest BCUT2D eigenvalue weighted by molar-refractivity contribution is 0.0782. The number of phenolic OH excluding ortho intramolecular Hbond substituents is 1. The van der Waals surface area contributed by atoms with Crippen molar-refractivity contribution in [2.45, 2.75) is 18.9 Å². The van der Waals surface area contributed by atoms with Gasteiger partial charge in [-0.2, -0.15) is 0 Å². The molecule has 2 atom stereocenters. The molecule has 102 valence electrons. The number of halogens is 1. The van der Waals surface area contributed by atoms with E-state index in [2.05, 4.69) is 5.32 Å². The second-order valence-corrected chi connectivity index (χ2v) is 5.77. The second kappa shape index (κ2) is 5.02. The first-order valence-electron chi connectivity index (χ1n) is 6.66. The average Bonchev–Trinajstić information content (AvgIpc) is 2.81. The van der Waals surface area contributed by atoms with E-state index in [0.717, 1.165) is 19.6 Å². The summed E-state index contributed by atoms with van der Waals surface area (Å²) in [6, 6.07) is 5.05. The van der Waals surface area contributed by atoms with Crippen molar-refractivity contribution in [1.29, 1.82) is 0 Å². The Morgan fingerprint density at radius 1 is 1.42 bits per heavy atom. The monoisotopic (exact) mass is 280 g/mol. The van der Waals surface area contributed by atoms with Crippen LogP contribution < -0.4 is 5.32 Å². The molecule has 2 fully saturated rings. The number of nitrogens with one attached hydrogen (secondary N) is 1. The number of hydrogen-bond donors (Lipinski definition) is 2. The van der Waals surface area contributed by atoms with Gasteiger partial charge in [0.2, 0.25) is 0 Å². The van der Waals surface area contributed by atoms with Crippen molar-refractivity contribution in [3.8, 4) is 5.75 Å². The van der Waals surface area contributed by atoms with Gasteiger partial charge in [-0.05, 0) is 43.5 Å². The Hall–Kier alpha value is -1.26. The van der Waals surface area contributed by atoms with Gasteiger partial charge in [-0.15, -0.1) is 0 Å². The number of carbonyl (C=O) groups is 1. The first kappa shape index (κ1) is 12.8. The SMILES string of the molecule is O=C(c1ccc(Cl)cc1O)N1C[C@@H]2CCCN[C@@H]2C1. The lowest BCUT2D eigenvalue weighted by Gasteiger charge is -2.24. The van der Waals surface area contributed by atoms with Crippen LogP contribution in [0.15, 0.2) is 18.2 Å². The number of aromatic hydroxyl groups is 1. The van der Waals surface area contributed by atoms with E-state index in [9.17, 15) is 9.90 Å². The van der Waals surface area contributed by atoms with Crippen molar-refractivity contribution in [3.05, 3.63) is 28.8 Å². The second-order valence-electron chi connectivity index (χ2n) is 5.33. The van der Waals surface area contributed by atoms with E-state index < -0.39 is 0 Å². The fourth-order valence-electron chi connectivity index (χ4n) is 3.07. The van der Waals surface area contributed by atoms with Crippen LogP contribution in [0.25, 0.3) is 0 Å². The van der Waals surface area contributed by atoms with Crippen LogP contribution in [0, 0.1) is 5.92 Å². The largest absolute Gasteiger partial charge is 0.507 e. The Morgan fingerprint density at radius 3 is 3.00 bits per heavy atom. The highest BCUT2D eigenvalue weighted by atomic mass is 35.5.